The van der Waals surface area contributed by atoms with Crippen LogP contribution in [-0.2, 0) is 24.2 Å². The number of benzene rings is 3. The number of aliphatic carboxylic acids is 1. The van der Waals surface area contributed by atoms with Gasteiger partial charge in [-0.3, -0.25) is 9.59 Å². The molecule has 3 aromatic rings. The lowest BCUT2D eigenvalue weighted by molar-refractivity contribution is -0.137. The molecule has 0 aliphatic carbocycles. The Balaban J connectivity index is 1.61. The van der Waals surface area contributed by atoms with Crippen molar-refractivity contribution in [2.45, 2.75) is 31.9 Å². The second kappa shape index (κ2) is 9.96. The lowest BCUT2D eigenvalue weighted by Gasteiger charge is -2.24. The zero-order valence-corrected chi connectivity index (χ0v) is 20.1. The summed E-state index contributed by atoms with van der Waals surface area (Å²) in [6.07, 6.45) is 1.15. The van der Waals surface area contributed by atoms with Crippen LogP contribution in [-0.4, -0.2) is 41.1 Å². The summed E-state index contributed by atoms with van der Waals surface area (Å²) in [5.74, 6) is -1.16. The fourth-order valence-corrected chi connectivity index (χ4v) is 4.53. The molecule has 0 spiro atoms. The molecular formula is C27H25ClFNO5. The number of hydrogen-bond donors (Lipinski definition) is 1. The first kappa shape index (κ1) is 24.5. The molecule has 1 atom stereocenters. The van der Waals surface area contributed by atoms with Gasteiger partial charge in [-0.2, -0.15) is 0 Å². The third-order valence-electron chi connectivity index (χ3n) is 5.88. The summed E-state index contributed by atoms with van der Waals surface area (Å²) < 4.78 is 25.5. The largest absolute Gasteiger partial charge is 0.493 e. The Kier molecular flexibility index (Phi) is 6.98. The molecule has 0 saturated heterocycles. The molecule has 1 aliphatic rings. The number of carboxylic acids is 1. The molecule has 3 aromatic carbocycles. The van der Waals surface area contributed by atoms with Crippen LogP contribution in [0.1, 0.15) is 34.0 Å². The Morgan fingerprint density at radius 2 is 1.89 bits per heavy atom. The van der Waals surface area contributed by atoms with Crippen molar-refractivity contribution in [2.75, 3.05) is 13.7 Å². The Hall–Kier alpha value is -3.58. The molecule has 35 heavy (non-hydrogen) atoms. The number of carbonyl (C=O) groups is 2. The lowest BCUT2D eigenvalue weighted by atomic mass is 9.91. The minimum atomic E-state index is -1.17. The maximum atomic E-state index is 13.6. The summed E-state index contributed by atoms with van der Waals surface area (Å²) in [4.78, 5) is 26.0. The lowest BCUT2D eigenvalue weighted by Crippen LogP contribution is -2.35. The summed E-state index contributed by atoms with van der Waals surface area (Å²) >= 11 is 6.00. The van der Waals surface area contributed by atoms with Crippen LogP contribution < -0.4 is 9.47 Å². The number of hydrogen-bond acceptors (Lipinski definition) is 4. The molecule has 1 heterocycles. The van der Waals surface area contributed by atoms with Crippen LogP contribution >= 0.6 is 11.6 Å². The van der Waals surface area contributed by atoms with Crippen molar-refractivity contribution in [1.82, 2.24) is 4.90 Å². The maximum absolute atomic E-state index is 13.6. The average Bonchev–Trinajstić information content (AvgIpc) is 3.14. The van der Waals surface area contributed by atoms with E-state index in [0.29, 0.717) is 34.9 Å². The third-order valence-corrected chi connectivity index (χ3v) is 6.13. The van der Waals surface area contributed by atoms with E-state index < -0.39 is 29.8 Å². The van der Waals surface area contributed by atoms with E-state index >= 15 is 0 Å². The molecule has 0 fully saturated rings. The normalized spacial score (nSPS) is 16.3. The van der Waals surface area contributed by atoms with E-state index in [4.69, 9.17) is 21.1 Å². The van der Waals surface area contributed by atoms with Gasteiger partial charge in [-0.05, 0) is 54.4 Å². The topological polar surface area (TPSA) is 76.1 Å². The van der Waals surface area contributed by atoms with Gasteiger partial charge in [-0.15, -0.1) is 0 Å². The summed E-state index contributed by atoms with van der Waals surface area (Å²) in [6.45, 7) is 1.41. The molecule has 8 heteroatoms. The van der Waals surface area contributed by atoms with Crippen molar-refractivity contribution in [3.8, 4) is 11.5 Å². The van der Waals surface area contributed by atoms with Crippen molar-refractivity contribution in [3.05, 3.63) is 93.8 Å². The predicted octanol–water partition coefficient (Wildman–Crippen LogP) is 5.15. The smallest absolute Gasteiger partial charge is 0.323 e. The highest BCUT2D eigenvalue weighted by Gasteiger charge is 2.38. The monoisotopic (exact) mass is 497 g/mol. The van der Waals surface area contributed by atoms with Crippen LogP contribution in [0.15, 0.2) is 60.7 Å². The molecule has 0 saturated carbocycles. The van der Waals surface area contributed by atoms with E-state index in [1.807, 2.05) is 31.2 Å². The predicted molar refractivity (Wildman–Crippen MR) is 130 cm³/mol. The van der Waals surface area contributed by atoms with Gasteiger partial charge in [0, 0.05) is 35.5 Å². The van der Waals surface area contributed by atoms with E-state index in [2.05, 4.69) is 0 Å². The van der Waals surface area contributed by atoms with Crippen LogP contribution in [0.2, 0.25) is 5.02 Å². The Morgan fingerprint density at radius 1 is 1.14 bits per heavy atom. The minimum absolute atomic E-state index is 0.0485. The second-order valence-electron chi connectivity index (χ2n) is 8.88. The number of carbonyl (C=O) groups excluding carboxylic acids is 1. The molecule has 1 N–H and O–H groups in total. The van der Waals surface area contributed by atoms with Gasteiger partial charge in [-0.1, -0.05) is 35.9 Å². The molecule has 182 valence electrons. The number of carboxylic acid groups (broad SMARTS) is 1. The van der Waals surface area contributed by atoms with Gasteiger partial charge < -0.3 is 19.5 Å². The quantitative estimate of drug-likeness (QED) is 0.465. The van der Waals surface area contributed by atoms with Crippen molar-refractivity contribution in [3.63, 3.8) is 0 Å². The van der Waals surface area contributed by atoms with Crippen LogP contribution in [0.4, 0.5) is 4.39 Å². The van der Waals surface area contributed by atoms with E-state index in [1.165, 1.54) is 30.2 Å². The van der Waals surface area contributed by atoms with Crippen molar-refractivity contribution in [1.29, 1.82) is 0 Å². The standard InChI is InChI=1S/C27H25ClFNO5/c1-27(13-17-6-8-21(28)9-7-17)14-20-11-19(12-23(34-2)25(20)35-27)26(33)30(16-24(31)32)15-18-4-3-5-22(29)10-18/h3-12H,13-16H2,1-2H3,(H,31,32)/t27-/m0/s1. The maximum Gasteiger partial charge on any atom is 0.323 e. The van der Waals surface area contributed by atoms with Gasteiger partial charge in [0.05, 0.1) is 7.11 Å². The van der Waals surface area contributed by atoms with Crippen molar-refractivity contribution in [2.24, 2.45) is 0 Å². The first-order chi connectivity index (χ1) is 16.7. The van der Waals surface area contributed by atoms with Crippen molar-refractivity contribution >= 4 is 23.5 Å². The van der Waals surface area contributed by atoms with E-state index in [9.17, 15) is 19.1 Å². The highest BCUT2D eigenvalue weighted by Crippen LogP contribution is 2.44. The van der Waals surface area contributed by atoms with Gasteiger partial charge >= 0.3 is 5.97 Å². The molecule has 6 nitrogen and oxygen atoms in total. The van der Waals surface area contributed by atoms with Gasteiger partial charge in [0.2, 0.25) is 0 Å². The van der Waals surface area contributed by atoms with Crippen LogP contribution in [0.3, 0.4) is 0 Å². The van der Waals surface area contributed by atoms with Crippen LogP contribution in [0.5, 0.6) is 11.5 Å². The summed E-state index contributed by atoms with van der Waals surface area (Å²) in [7, 11) is 1.49. The Bertz CT molecular complexity index is 1260. The van der Waals surface area contributed by atoms with E-state index in [0.717, 1.165) is 11.1 Å². The minimum Gasteiger partial charge on any atom is -0.493 e. The highest BCUT2D eigenvalue weighted by molar-refractivity contribution is 6.30. The van der Waals surface area contributed by atoms with Crippen LogP contribution in [0.25, 0.3) is 0 Å². The zero-order chi connectivity index (χ0) is 25.2. The molecule has 0 radical (unpaired) electrons. The molecule has 0 unspecified atom stereocenters. The second-order valence-corrected chi connectivity index (χ2v) is 9.32. The van der Waals surface area contributed by atoms with Gasteiger partial charge in [0.15, 0.2) is 11.5 Å². The number of nitrogens with zero attached hydrogens (tertiary/aromatic N) is 1. The number of halogens is 2. The number of rotatable bonds is 8. The molecule has 1 aliphatic heterocycles. The average molecular weight is 498 g/mol. The molecule has 0 aromatic heterocycles. The molecule has 1 amide bonds. The fourth-order valence-electron chi connectivity index (χ4n) is 4.40. The van der Waals surface area contributed by atoms with E-state index in [1.54, 1.807) is 18.2 Å². The third kappa shape index (κ3) is 5.74. The van der Waals surface area contributed by atoms with Crippen LogP contribution in [0, 0.1) is 5.82 Å². The number of ether oxygens (including phenoxy) is 2. The SMILES string of the molecule is COc1cc(C(=O)N(CC(=O)O)Cc2cccc(F)c2)cc2c1O[C@@](C)(Cc1ccc(Cl)cc1)C2. The number of methoxy groups -OCH3 is 1. The van der Waals surface area contributed by atoms with Crippen molar-refractivity contribution < 1.29 is 28.6 Å². The summed E-state index contributed by atoms with van der Waals surface area (Å²) in [5, 5.41) is 10.0. The first-order valence-corrected chi connectivity index (χ1v) is 11.4. The van der Waals surface area contributed by atoms with Gasteiger partial charge in [-0.25, -0.2) is 4.39 Å². The molecule has 4 rings (SSSR count). The first-order valence-electron chi connectivity index (χ1n) is 11.1. The molecular weight excluding hydrogens is 473 g/mol. The van der Waals surface area contributed by atoms with E-state index in [-0.39, 0.29) is 12.1 Å². The fraction of sp³-hybridized carbons (Fsp3) is 0.259. The Labute approximate surface area is 207 Å². The van der Waals surface area contributed by atoms with Gasteiger partial charge in [0.25, 0.3) is 5.91 Å². The van der Waals surface area contributed by atoms with Gasteiger partial charge in [0.1, 0.15) is 18.0 Å². The molecule has 0 bridgehead atoms. The number of amides is 1. The number of fused-ring (bicyclic) bond motifs is 1. The summed E-state index contributed by atoms with van der Waals surface area (Å²) in [5.41, 5.74) is 2.06. The zero-order valence-electron chi connectivity index (χ0n) is 19.4. The highest BCUT2D eigenvalue weighted by atomic mass is 35.5. The summed E-state index contributed by atoms with van der Waals surface area (Å²) in [6, 6.07) is 16.6. The Morgan fingerprint density at radius 3 is 2.54 bits per heavy atom.